The molecule has 1 aromatic rings. The number of hydrogen-bond donors (Lipinski definition) is 1. The Labute approximate surface area is 81.5 Å². The SMILES string of the molecule is COC(=O)c1cc(NC2CC2)cnn1. The van der Waals surface area contributed by atoms with Crippen molar-refractivity contribution < 1.29 is 9.53 Å². The quantitative estimate of drug-likeness (QED) is 0.720. The molecule has 1 heterocycles. The van der Waals surface area contributed by atoms with Gasteiger partial charge in [0.15, 0.2) is 5.69 Å². The molecule has 1 N–H and O–H groups in total. The molecule has 0 saturated heterocycles. The number of ether oxygens (including phenoxy) is 1. The molecule has 5 nitrogen and oxygen atoms in total. The number of anilines is 1. The Hall–Kier alpha value is -1.65. The third-order valence-electron chi connectivity index (χ3n) is 2.00. The van der Waals surface area contributed by atoms with E-state index in [1.54, 1.807) is 12.3 Å². The number of rotatable bonds is 3. The van der Waals surface area contributed by atoms with Crippen molar-refractivity contribution in [3.8, 4) is 0 Å². The fraction of sp³-hybridized carbons (Fsp3) is 0.444. The lowest BCUT2D eigenvalue weighted by molar-refractivity contribution is 0.0592. The Balaban J connectivity index is 2.12. The molecule has 0 aliphatic heterocycles. The zero-order valence-electron chi connectivity index (χ0n) is 7.86. The molecule has 0 unspecified atom stereocenters. The van der Waals surface area contributed by atoms with Gasteiger partial charge in [-0.05, 0) is 18.9 Å². The van der Waals surface area contributed by atoms with E-state index >= 15 is 0 Å². The molecule has 5 heteroatoms. The molecule has 1 fully saturated rings. The Bertz CT molecular complexity index is 350. The summed E-state index contributed by atoms with van der Waals surface area (Å²) >= 11 is 0. The Morgan fingerprint density at radius 2 is 2.43 bits per heavy atom. The van der Waals surface area contributed by atoms with Crippen LogP contribution in [0.5, 0.6) is 0 Å². The third kappa shape index (κ3) is 1.99. The van der Waals surface area contributed by atoms with Gasteiger partial charge in [-0.15, -0.1) is 5.10 Å². The average molecular weight is 193 g/mol. The fourth-order valence-corrected chi connectivity index (χ4v) is 1.11. The molecular weight excluding hydrogens is 182 g/mol. The van der Waals surface area contributed by atoms with Gasteiger partial charge in [0.2, 0.25) is 0 Å². The van der Waals surface area contributed by atoms with E-state index in [0.29, 0.717) is 6.04 Å². The predicted molar refractivity (Wildman–Crippen MR) is 50.0 cm³/mol. The molecule has 74 valence electrons. The highest BCUT2D eigenvalue weighted by Crippen LogP contribution is 2.24. The van der Waals surface area contributed by atoms with E-state index in [4.69, 9.17) is 0 Å². The summed E-state index contributed by atoms with van der Waals surface area (Å²) in [5.74, 6) is -0.461. The lowest BCUT2D eigenvalue weighted by Gasteiger charge is -2.03. The second kappa shape index (κ2) is 3.61. The second-order valence-corrected chi connectivity index (χ2v) is 3.24. The first-order valence-corrected chi connectivity index (χ1v) is 4.47. The van der Waals surface area contributed by atoms with Crippen LogP contribution in [0.3, 0.4) is 0 Å². The molecule has 0 aromatic carbocycles. The maximum Gasteiger partial charge on any atom is 0.358 e. The van der Waals surface area contributed by atoms with Gasteiger partial charge in [-0.25, -0.2) is 4.79 Å². The molecule has 0 radical (unpaired) electrons. The molecule has 0 amide bonds. The summed E-state index contributed by atoms with van der Waals surface area (Å²) in [5, 5.41) is 10.6. The second-order valence-electron chi connectivity index (χ2n) is 3.24. The van der Waals surface area contributed by atoms with Crippen molar-refractivity contribution in [2.45, 2.75) is 18.9 Å². The van der Waals surface area contributed by atoms with E-state index in [1.165, 1.54) is 20.0 Å². The minimum atomic E-state index is -0.461. The van der Waals surface area contributed by atoms with Crippen LogP contribution in [0.4, 0.5) is 5.69 Å². The Kier molecular flexibility index (Phi) is 2.30. The standard InChI is InChI=1S/C9H11N3O2/c1-14-9(13)8-4-7(5-10-12-8)11-6-2-3-6/h4-6H,2-3H2,1H3,(H,11,12). The summed E-state index contributed by atoms with van der Waals surface area (Å²) in [6.45, 7) is 0. The molecular formula is C9H11N3O2. The average Bonchev–Trinajstić information content (AvgIpc) is 3.01. The van der Waals surface area contributed by atoms with Gasteiger partial charge < -0.3 is 10.1 Å². The van der Waals surface area contributed by atoms with Gasteiger partial charge in [-0.2, -0.15) is 5.10 Å². The predicted octanol–water partition coefficient (Wildman–Crippen LogP) is 0.837. The molecule has 0 bridgehead atoms. The van der Waals surface area contributed by atoms with E-state index in [2.05, 4.69) is 20.3 Å². The first-order chi connectivity index (χ1) is 6.79. The van der Waals surface area contributed by atoms with Gasteiger partial charge in [0.1, 0.15) is 0 Å². The van der Waals surface area contributed by atoms with Crippen molar-refractivity contribution in [1.29, 1.82) is 0 Å². The number of nitrogens with one attached hydrogen (secondary N) is 1. The van der Waals surface area contributed by atoms with Crippen LogP contribution in [-0.4, -0.2) is 29.3 Å². The summed E-state index contributed by atoms with van der Waals surface area (Å²) in [7, 11) is 1.32. The van der Waals surface area contributed by atoms with E-state index in [1.807, 2.05) is 0 Å². The monoisotopic (exact) mass is 193 g/mol. The Morgan fingerprint density at radius 3 is 3.07 bits per heavy atom. The van der Waals surface area contributed by atoms with Gasteiger partial charge in [0.25, 0.3) is 0 Å². The van der Waals surface area contributed by atoms with E-state index in [0.717, 1.165) is 5.69 Å². The molecule has 1 saturated carbocycles. The van der Waals surface area contributed by atoms with Crippen LogP contribution in [0.2, 0.25) is 0 Å². The molecule has 14 heavy (non-hydrogen) atoms. The van der Waals surface area contributed by atoms with E-state index in [-0.39, 0.29) is 5.69 Å². The summed E-state index contributed by atoms with van der Waals surface area (Å²) in [6.07, 6.45) is 3.95. The smallest absolute Gasteiger partial charge is 0.358 e. The lowest BCUT2D eigenvalue weighted by atomic mass is 10.3. The van der Waals surface area contributed by atoms with Crippen molar-refractivity contribution >= 4 is 11.7 Å². The van der Waals surface area contributed by atoms with Crippen molar-refractivity contribution in [2.24, 2.45) is 0 Å². The lowest BCUT2D eigenvalue weighted by Crippen LogP contribution is -2.08. The van der Waals surface area contributed by atoms with E-state index in [9.17, 15) is 4.79 Å². The van der Waals surface area contributed by atoms with Gasteiger partial charge >= 0.3 is 5.97 Å². The van der Waals surface area contributed by atoms with Crippen molar-refractivity contribution in [3.63, 3.8) is 0 Å². The molecule has 2 rings (SSSR count). The maximum absolute atomic E-state index is 11.1. The molecule has 0 spiro atoms. The Morgan fingerprint density at radius 1 is 1.64 bits per heavy atom. The molecule has 1 aromatic heterocycles. The zero-order chi connectivity index (χ0) is 9.97. The van der Waals surface area contributed by atoms with Crippen LogP contribution >= 0.6 is 0 Å². The van der Waals surface area contributed by atoms with Gasteiger partial charge in [-0.1, -0.05) is 0 Å². The number of carbonyl (C=O) groups excluding carboxylic acids is 1. The maximum atomic E-state index is 11.1. The highest BCUT2D eigenvalue weighted by Gasteiger charge is 2.21. The largest absolute Gasteiger partial charge is 0.464 e. The number of methoxy groups -OCH3 is 1. The van der Waals surface area contributed by atoms with Crippen LogP contribution in [0.15, 0.2) is 12.3 Å². The van der Waals surface area contributed by atoms with Gasteiger partial charge in [-0.3, -0.25) is 0 Å². The zero-order valence-corrected chi connectivity index (χ0v) is 7.86. The fourth-order valence-electron chi connectivity index (χ4n) is 1.11. The van der Waals surface area contributed by atoms with Crippen LogP contribution in [0, 0.1) is 0 Å². The highest BCUT2D eigenvalue weighted by molar-refractivity contribution is 5.87. The minimum Gasteiger partial charge on any atom is -0.464 e. The molecule has 1 aliphatic carbocycles. The van der Waals surface area contributed by atoms with Crippen LogP contribution in [-0.2, 0) is 4.74 Å². The van der Waals surface area contributed by atoms with Crippen LogP contribution < -0.4 is 5.32 Å². The number of hydrogen-bond acceptors (Lipinski definition) is 5. The summed E-state index contributed by atoms with van der Waals surface area (Å²) in [6, 6.07) is 2.18. The van der Waals surface area contributed by atoms with Crippen molar-refractivity contribution in [2.75, 3.05) is 12.4 Å². The topological polar surface area (TPSA) is 64.1 Å². The summed E-state index contributed by atoms with van der Waals surface area (Å²) in [4.78, 5) is 11.1. The third-order valence-corrected chi connectivity index (χ3v) is 2.00. The van der Waals surface area contributed by atoms with Crippen molar-refractivity contribution in [1.82, 2.24) is 10.2 Å². The van der Waals surface area contributed by atoms with E-state index < -0.39 is 5.97 Å². The number of nitrogens with zero attached hydrogens (tertiary/aromatic N) is 2. The van der Waals surface area contributed by atoms with Crippen molar-refractivity contribution in [3.05, 3.63) is 18.0 Å². The normalized spacial score (nSPS) is 14.9. The number of esters is 1. The molecule has 1 aliphatic rings. The van der Waals surface area contributed by atoms with Crippen LogP contribution in [0.25, 0.3) is 0 Å². The first kappa shape index (κ1) is 8.93. The summed E-state index contributed by atoms with van der Waals surface area (Å²) in [5.41, 5.74) is 1.06. The number of carbonyl (C=O) groups is 1. The first-order valence-electron chi connectivity index (χ1n) is 4.47. The number of aromatic nitrogens is 2. The summed E-state index contributed by atoms with van der Waals surface area (Å²) < 4.78 is 4.54. The van der Waals surface area contributed by atoms with Gasteiger partial charge in [0, 0.05) is 6.04 Å². The highest BCUT2D eigenvalue weighted by atomic mass is 16.5. The molecule has 0 atom stereocenters. The minimum absolute atomic E-state index is 0.234. The van der Waals surface area contributed by atoms with Gasteiger partial charge in [0.05, 0.1) is 19.0 Å². The van der Waals surface area contributed by atoms with Crippen LogP contribution in [0.1, 0.15) is 23.3 Å².